The highest BCUT2D eigenvalue weighted by molar-refractivity contribution is 5.85. The molecule has 1 aliphatic rings. The molecule has 146 valence electrons. The molecule has 1 fully saturated rings. The Balaban J connectivity index is 0.00000261. The Morgan fingerprint density at radius 1 is 0.963 bits per heavy atom. The van der Waals surface area contributed by atoms with Crippen LogP contribution in [0.2, 0.25) is 0 Å². The zero-order valence-corrected chi connectivity index (χ0v) is 16.7. The first kappa shape index (κ1) is 21.5. The number of hydrogen-bond donors (Lipinski definition) is 2. The standard InChI is InChI=1S/C23H30N2O.ClH/c26-23(12-11-19-13-16-24-17-14-19)25-18-15-22(20-7-3-1-4-8-20)21-9-5-2-6-10-21;/h1-10,19,22,24H,11-18H2,(H,25,26);1H. The second kappa shape index (κ2) is 11.8. The summed E-state index contributed by atoms with van der Waals surface area (Å²) in [7, 11) is 0. The van der Waals surface area contributed by atoms with Crippen molar-refractivity contribution in [1.29, 1.82) is 0 Å². The molecular formula is C23H31ClN2O. The van der Waals surface area contributed by atoms with Gasteiger partial charge in [0, 0.05) is 18.9 Å². The fourth-order valence-corrected chi connectivity index (χ4v) is 3.85. The van der Waals surface area contributed by atoms with Crippen LogP contribution < -0.4 is 10.6 Å². The second-order valence-corrected chi connectivity index (χ2v) is 7.24. The molecule has 0 unspecified atom stereocenters. The van der Waals surface area contributed by atoms with Crippen molar-refractivity contribution < 1.29 is 4.79 Å². The van der Waals surface area contributed by atoms with Crippen molar-refractivity contribution in [3.05, 3.63) is 71.8 Å². The van der Waals surface area contributed by atoms with E-state index in [0.717, 1.165) is 32.5 Å². The van der Waals surface area contributed by atoms with Crippen LogP contribution in [0.4, 0.5) is 0 Å². The molecule has 0 saturated carbocycles. The van der Waals surface area contributed by atoms with Gasteiger partial charge in [0.05, 0.1) is 0 Å². The molecule has 0 aromatic heterocycles. The van der Waals surface area contributed by atoms with Crippen LogP contribution in [-0.2, 0) is 4.79 Å². The van der Waals surface area contributed by atoms with Gasteiger partial charge >= 0.3 is 0 Å². The fourth-order valence-electron chi connectivity index (χ4n) is 3.85. The molecular weight excluding hydrogens is 356 g/mol. The highest BCUT2D eigenvalue weighted by Crippen LogP contribution is 2.27. The summed E-state index contributed by atoms with van der Waals surface area (Å²) in [4.78, 5) is 12.2. The Hall–Kier alpha value is -1.84. The highest BCUT2D eigenvalue weighted by Gasteiger charge is 2.16. The van der Waals surface area contributed by atoms with Crippen molar-refractivity contribution >= 4 is 18.3 Å². The lowest BCUT2D eigenvalue weighted by Gasteiger charge is -2.22. The smallest absolute Gasteiger partial charge is 0.220 e. The van der Waals surface area contributed by atoms with E-state index in [9.17, 15) is 4.79 Å². The van der Waals surface area contributed by atoms with E-state index in [1.54, 1.807) is 0 Å². The second-order valence-electron chi connectivity index (χ2n) is 7.24. The Morgan fingerprint density at radius 3 is 2.07 bits per heavy atom. The van der Waals surface area contributed by atoms with Gasteiger partial charge in [-0.2, -0.15) is 0 Å². The summed E-state index contributed by atoms with van der Waals surface area (Å²) >= 11 is 0. The number of halogens is 1. The van der Waals surface area contributed by atoms with Gasteiger partial charge in [-0.25, -0.2) is 0 Å². The minimum absolute atomic E-state index is 0. The van der Waals surface area contributed by atoms with Crippen LogP contribution in [0.25, 0.3) is 0 Å². The van der Waals surface area contributed by atoms with Crippen molar-refractivity contribution in [3.63, 3.8) is 0 Å². The van der Waals surface area contributed by atoms with Gasteiger partial charge in [-0.3, -0.25) is 4.79 Å². The monoisotopic (exact) mass is 386 g/mol. The van der Waals surface area contributed by atoms with Gasteiger partial charge in [-0.15, -0.1) is 12.4 Å². The van der Waals surface area contributed by atoms with Crippen LogP contribution in [0.15, 0.2) is 60.7 Å². The molecule has 0 aliphatic carbocycles. The first-order chi connectivity index (χ1) is 12.8. The molecule has 2 aromatic rings. The molecule has 3 nitrogen and oxygen atoms in total. The maximum absolute atomic E-state index is 12.2. The van der Waals surface area contributed by atoms with Crippen LogP contribution in [0.5, 0.6) is 0 Å². The Kier molecular flexibility index (Phi) is 9.37. The van der Waals surface area contributed by atoms with Gasteiger partial charge in [-0.1, -0.05) is 60.7 Å². The summed E-state index contributed by atoms with van der Waals surface area (Å²) in [6.45, 7) is 2.92. The molecule has 3 rings (SSSR count). The highest BCUT2D eigenvalue weighted by atomic mass is 35.5. The van der Waals surface area contributed by atoms with E-state index in [4.69, 9.17) is 0 Å². The average Bonchev–Trinajstić information content (AvgIpc) is 2.72. The lowest BCUT2D eigenvalue weighted by molar-refractivity contribution is -0.121. The quantitative estimate of drug-likeness (QED) is 0.699. The van der Waals surface area contributed by atoms with Crippen LogP contribution in [0, 0.1) is 5.92 Å². The van der Waals surface area contributed by atoms with Crippen LogP contribution in [-0.4, -0.2) is 25.5 Å². The average molecular weight is 387 g/mol. The van der Waals surface area contributed by atoms with E-state index in [2.05, 4.69) is 59.2 Å². The molecule has 1 amide bonds. The predicted octanol–water partition coefficient (Wildman–Crippen LogP) is 4.53. The molecule has 1 saturated heterocycles. The van der Waals surface area contributed by atoms with Gasteiger partial charge < -0.3 is 10.6 Å². The van der Waals surface area contributed by atoms with E-state index in [1.807, 2.05) is 12.1 Å². The minimum Gasteiger partial charge on any atom is -0.356 e. The maximum Gasteiger partial charge on any atom is 0.220 e. The SMILES string of the molecule is Cl.O=C(CCC1CCNCC1)NCCC(c1ccccc1)c1ccccc1. The fraction of sp³-hybridized carbons (Fsp3) is 0.435. The summed E-state index contributed by atoms with van der Waals surface area (Å²) in [6, 6.07) is 21.2. The summed E-state index contributed by atoms with van der Waals surface area (Å²) < 4.78 is 0. The normalized spacial score (nSPS) is 14.6. The van der Waals surface area contributed by atoms with Crippen LogP contribution in [0.1, 0.15) is 49.1 Å². The van der Waals surface area contributed by atoms with Gasteiger partial charge in [0.15, 0.2) is 0 Å². The molecule has 0 radical (unpaired) electrons. The first-order valence-electron chi connectivity index (χ1n) is 9.90. The van der Waals surface area contributed by atoms with Crippen molar-refractivity contribution in [2.45, 2.75) is 38.0 Å². The minimum atomic E-state index is 0. The largest absolute Gasteiger partial charge is 0.356 e. The molecule has 0 spiro atoms. The number of amides is 1. The van der Waals surface area contributed by atoms with Crippen LogP contribution in [0.3, 0.4) is 0 Å². The van der Waals surface area contributed by atoms with Gasteiger partial charge in [0.25, 0.3) is 0 Å². The molecule has 2 aromatic carbocycles. The van der Waals surface area contributed by atoms with E-state index in [-0.39, 0.29) is 18.3 Å². The van der Waals surface area contributed by atoms with E-state index in [1.165, 1.54) is 24.0 Å². The third-order valence-corrected chi connectivity index (χ3v) is 5.40. The summed E-state index contributed by atoms with van der Waals surface area (Å²) in [6.07, 6.45) is 5.02. The number of rotatable bonds is 8. The van der Waals surface area contributed by atoms with Gasteiger partial charge in [-0.05, 0) is 55.8 Å². The number of nitrogens with one attached hydrogen (secondary N) is 2. The molecule has 1 aliphatic heterocycles. The van der Waals surface area contributed by atoms with Crippen molar-refractivity contribution in [1.82, 2.24) is 10.6 Å². The lowest BCUT2D eigenvalue weighted by Crippen LogP contribution is -2.30. The summed E-state index contributed by atoms with van der Waals surface area (Å²) in [5, 5.41) is 6.52. The van der Waals surface area contributed by atoms with Crippen molar-refractivity contribution in [2.24, 2.45) is 5.92 Å². The maximum atomic E-state index is 12.2. The van der Waals surface area contributed by atoms with E-state index < -0.39 is 0 Å². The zero-order chi connectivity index (χ0) is 18.0. The van der Waals surface area contributed by atoms with E-state index in [0.29, 0.717) is 18.3 Å². The third-order valence-electron chi connectivity index (χ3n) is 5.40. The Bertz CT molecular complexity index is 617. The molecule has 2 N–H and O–H groups in total. The van der Waals surface area contributed by atoms with Gasteiger partial charge in [0.2, 0.25) is 5.91 Å². The molecule has 1 heterocycles. The summed E-state index contributed by atoms with van der Waals surface area (Å²) in [5.74, 6) is 1.23. The number of benzene rings is 2. The zero-order valence-electron chi connectivity index (χ0n) is 15.9. The number of carbonyl (C=O) groups is 1. The number of piperidine rings is 1. The van der Waals surface area contributed by atoms with Gasteiger partial charge in [0.1, 0.15) is 0 Å². The molecule has 0 atom stereocenters. The lowest BCUT2D eigenvalue weighted by atomic mass is 9.88. The molecule has 0 bridgehead atoms. The predicted molar refractivity (Wildman–Crippen MR) is 114 cm³/mol. The topological polar surface area (TPSA) is 41.1 Å². The molecule has 4 heteroatoms. The first-order valence-corrected chi connectivity index (χ1v) is 9.90. The Labute approximate surface area is 169 Å². The Morgan fingerprint density at radius 2 is 1.52 bits per heavy atom. The van der Waals surface area contributed by atoms with Crippen molar-refractivity contribution in [3.8, 4) is 0 Å². The van der Waals surface area contributed by atoms with Crippen LogP contribution >= 0.6 is 12.4 Å². The summed E-state index contributed by atoms with van der Waals surface area (Å²) in [5.41, 5.74) is 2.62. The number of carbonyl (C=O) groups excluding carboxylic acids is 1. The molecule has 27 heavy (non-hydrogen) atoms. The van der Waals surface area contributed by atoms with E-state index >= 15 is 0 Å². The van der Waals surface area contributed by atoms with Crippen molar-refractivity contribution in [2.75, 3.05) is 19.6 Å². The third kappa shape index (κ3) is 7.00. The number of hydrogen-bond acceptors (Lipinski definition) is 2.